The third-order valence-electron chi connectivity index (χ3n) is 2.54. The van der Waals surface area contributed by atoms with Crippen LogP contribution in [0.4, 0.5) is 0 Å². The van der Waals surface area contributed by atoms with Crippen LogP contribution in [0.25, 0.3) is 0 Å². The lowest BCUT2D eigenvalue weighted by atomic mass is 10.0. The Labute approximate surface area is 108 Å². The van der Waals surface area contributed by atoms with Gasteiger partial charge in [0, 0.05) is 0 Å². The van der Waals surface area contributed by atoms with E-state index in [1.807, 2.05) is 13.8 Å². The predicted octanol–water partition coefficient (Wildman–Crippen LogP) is 0.0541. The minimum Gasteiger partial charge on any atom is -0.468 e. The van der Waals surface area contributed by atoms with Gasteiger partial charge < -0.3 is 15.2 Å². The summed E-state index contributed by atoms with van der Waals surface area (Å²) < 4.78 is 9.40. The summed E-state index contributed by atoms with van der Waals surface area (Å²) in [5, 5.41) is 2.96. The molecule has 0 saturated heterocycles. The van der Waals surface area contributed by atoms with Gasteiger partial charge in [-0.2, -0.15) is 0 Å². The molecule has 0 aromatic heterocycles. The number of nitrogens with two attached hydrogens (primary N) is 1. The minimum atomic E-state index is -0.581. The van der Waals surface area contributed by atoms with Gasteiger partial charge in [-0.15, -0.1) is 0 Å². The van der Waals surface area contributed by atoms with Gasteiger partial charge in [-0.3, -0.25) is 14.9 Å². The van der Waals surface area contributed by atoms with E-state index in [1.165, 1.54) is 14.2 Å². The zero-order valence-electron chi connectivity index (χ0n) is 11.6. The SMILES string of the molecule is COC(=O)C(CCN)NC(CC(C)C)C(=O)OC. The summed E-state index contributed by atoms with van der Waals surface area (Å²) >= 11 is 0. The van der Waals surface area contributed by atoms with E-state index < -0.39 is 18.1 Å². The summed E-state index contributed by atoms with van der Waals surface area (Å²) in [5.74, 6) is -0.495. The number of methoxy groups -OCH3 is 2. The third kappa shape index (κ3) is 5.97. The standard InChI is InChI=1S/C12H24N2O4/c1-8(2)7-10(12(16)18-4)14-9(5-6-13)11(15)17-3/h8-10,14H,5-7,13H2,1-4H3. The summed E-state index contributed by atoms with van der Waals surface area (Å²) in [5.41, 5.74) is 5.44. The van der Waals surface area contributed by atoms with Crippen molar-refractivity contribution in [2.75, 3.05) is 20.8 Å². The number of hydrogen-bond donors (Lipinski definition) is 2. The van der Waals surface area contributed by atoms with Crippen molar-refractivity contribution in [3.8, 4) is 0 Å². The van der Waals surface area contributed by atoms with E-state index in [0.29, 0.717) is 25.3 Å². The van der Waals surface area contributed by atoms with Gasteiger partial charge in [0.1, 0.15) is 12.1 Å². The molecule has 2 unspecified atom stereocenters. The zero-order chi connectivity index (χ0) is 14.1. The maximum absolute atomic E-state index is 11.6. The van der Waals surface area contributed by atoms with E-state index in [0.717, 1.165) is 0 Å². The molecule has 0 aromatic rings. The van der Waals surface area contributed by atoms with Crippen molar-refractivity contribution in [3.63, 3.8) is 0 Å². The lowest BCUT2D eigenvalue weighted by Gasteiger charge is -2.23. The number of esters is 2. The van der Waals surface area contributed by atoms with Crippen LogP contribution in [-0.2, 0) is 19.1 Å². The van der Waals surface area contributed by atoms with Crippen LogP contribution in [0.1, 0.15) is 26.7 Å². The molecule has 0 bridgehead atoms. The fourth-order valence-electron chi connectivity index (χ4n) is 1.67. The summed E-state index contributed by atoms with van der Waals surface area (Å²) in [6, 6.07) is -1.10. The summed E-state index contributed by atoms with van der Waals surface area (Å²) in [7, 11) is 2.64. The normalized spacial score (nSPS) is 14.1. The van der Waals surface area contributed by atoms with Gasteiger partial charge >= 0.3 is 11.9 Å². The maximum atomic E-state index is 11.6. The minimum absolute atomic E-state index is 0.303. The number of ether oxygens (including phenoxy) is 2. The van der Waals surface area contributed by atoms with E-state index >= 15 is 0 Å². The number of carbonyl (C=O) groups excluding carboxylic acids is 2. The quantitative estimate of drug-likeness (QED) is 0.599. The largest absolute Gasteiger partial charge is 0.468 e. The van der Waals surface area contributed by atoms with Crippen molar-refractivity contribution in [2.24, 2.45) is 11.7 Å². The number of hydrogen-bond acceptors (Lipinski definition) is 6. The van der Waals surface area contributed by atoms with E-state index in [4.69, 9.17) is 10.5 Å². The average molecular weight is 260 g/mol. The number of nitrogens with one attached hydrogen (secondary N) is 1. The molecule has 0 aromatic carbocycles. The predicted molar refractivity (Wildman–Crippen MR) is 67.9 cm³/mol. The molecular weight excluding hydrogens is 236 g/mol. The Morgan fingerprint density at radius 1 is 1.11 bits per heavy atom. The second-order valence-corrected chi connectivity index (χ2v) is 4.53. The average Bonchev–Trinajstić information content (AvgIpc) is 2.34. The molecule has 0 radical (unpaired) electrons. The van der Waals surface area contributed by atoms with Crippen LogP contribution in [-0.4, -0.2) is 44.8 Å². The Hall–Kier alpha value is -1.14. The molecule has 0 spiro atoms. The van der Waals surface area contributed by atoms with Gasteiger partial charge in [-0.1, -0.05) is 13.8 Å². The first-order valence-electron chi connectivity index (χ1n) is 6.08. The van der Waals surface area contributed by atoms with Gasteiger partial charge in [-0.25, -0.2) is 0 Å². The van der Waals surface area contributed by atoms with Crippen LogP contribution < -0.4 is 11.1 Å². The fraction of sp³-hybridized carbons (Fsp3) is 0.833. The van der Waals surface area contributed by atoms with Crippen molar-refractivity contribution in [3.05, 3.63) is 0 Å². The topological polar surface area (TPSA) is 90.6 Å². The molecule has 0 aliphatic carbocycles. The van der Waals surface area contributed by atoms with Crippen LogP contribution in [0, 0.1) is 5.92 Å². The number of carbonyl (C=O) groups is 2. The molecule has 18 heavy (non-hydrogen) atoms. The van der Waals surface area contributed by atoms with Crippen molar-refractivity contribution in [2.45, 2.75) is 38.8 Å². The molecule has 6 nitrogen and oxygen atoms in total. The van der Waals surface area contributed by atoms with Crippen molar-refractivity contribution >= 4 is 11.9 Å². The molecule has 0 aliphatic heterocycles. The molecule has 0 heterocycles. The van der Waals surface area contributed by atoms with Gasteiger partial charge in [0.15, 0.2) is 0 Å². The Bertz CT molecular complexity index is 269. The molecule has 6 heteroatoms. The molecule has 0 fully saturated rings. The molecule has 0 rings (SSSR count). The highest BCUT2D eigenvalue weighted by atomic mass is 16.5. The van der Waals surface area contributed by atoms with Crippen LogP contribution in [0.2, 0.25) is 0 Å². The Kier molecular flexibility index (Phi) is 8.32. The van der Waals surface area contributed by atoms with E-state index in [2.05, 4.69) is 10.1 Å². The summed E-state index contributed by atoms with van der Waals surface area (Å²) in [6.07, 6.45) is 1.00. The Morgan fingerprint density at radius 2 is 1.61 bits per heavy atom. The van der Waals surface area contributed by atoms with E-state index in [9.17, 15) is 9.59 Å². The van der Waals surface area contributed by atoms with Gasteiger partial charge in [0.2, 0.25) is 0 Å². The van der Waals surface area contributed by atoms with Crippen LogP contribution >= 0.6 is 0 Å². The molecule has 2 atom stereocenters. The second-order valence-electron chi connectivity index (χ2n) is 4.53. The summed E-state index contributed by atoms with van der Waals surface area (Å²) in [6.45, 7) is 4.32. The molecule has 3 N–H and O–H groups in total. The van der Waals surface area contributed by atoms with E-state index in [-0.39, 0.29) is 5.97 Å². The van der Waals surface area contributed by atoms with Gasteiger partial charge in [0.05, 0.1) is 14.2 Å². The van der Waals surface area contributed by atoms with Crippen LogP contribution in [0.5, 0.6) is 0 Å². The first kappa shape index (κ1) is 16.9. The smallest absolute Gasteiger partial charge is 0.322 e. The van der Waals surface area contributed by atoms with Gasteiger partial charge in [-0.05, 0) is 25.3 Å². The molecule has 0 saturated carbocycles. The molecule has 0 amide bonds. The number of rotatable bonds is 8. The van der Waals surface area contributed by atoms with Crippen molar-refractivity contribution in [1.29, 1.82) is 0 Å². The van der Waals surface area contributed by atoms with E-state index in [1.54, 1.807) is 0 Å². The molecule has 106 valence electrons. The third-order valence-corrected chi connectivity index (χ3v) is 2.54. The van der Waals surface area contributed by atoms with Gasteiger partial charge in [0.25, 0.3) is 0 Å². The van der Waals surface area contributed by atoms with Crippen molar-refractivity contribution in [1.82, 2.24) is 5.32 Å². The summed E-state index contributed by atoms with van der Waals surface area (Å²) in [4.78, 5) is 23.2. The first-order chi connectivity index (χ1) is 8.46. The van der Waals surface area contributed by atoms with Crippen molar-refractivity contribution < 1.29 is 19.1 Å². The Balaban J connectivity index is 4.68. The first-order valence-corrected chi connectivity index (χ1v) is 6.08. The monoisotopic (exact) mass is 260 g/mol. The Morgan fingerprint density at radius 3 is 2.00 bits per heavy atom. The molecule has 0 aliphatic rings. The second kappa shape index (κ2) is 8.88. The fourth-order valence-corrected chi connectivity index (χ4v) is 1.67. The lowest BCUT2D eigenvalue weighted by Crippen LogP contribution is -2.49. The lowest BCUT2D eigenvalue weighted by molar-refractivity contribution is -0.146. The van der Waals surface area contributed by atoms with Crippen LogP contribution in [0.3, 0.4) is 0 Å². The molecular formula is C12H24N2O4. The highest BCUT2D eigenvalue weighted by Crippen LogP contribution is 2.08. The highest BCUT2D eigenvalue weighted by Gasteiger charge is 2.27. The zero-order valence-corrected chi connectivity index (χ0v) is 11.6. The highest BCUT2D eigenvalue weighted by molar-refractivity contribution is 5.79. The maximum Gasteiger partial charge on any atom is 0.322 e. The van der Waals surface area contributed by atoms with Crippen LogP contribution in [0.15, 0.2) is 0 Å².